The van der Waals surface area contributed by atoms with Gasteiger partial charge in [0, 0.05) is 18.7 Å². The van der Waals surface area contributed by atoms with Crippen LogP contribution >= 0.6 is 0 Å². The smallest absolute Gasteiger partial charge is 0.410 e. The lowest BCUT2D eigenvalue weighted by atomic mass is 9.98. The standard InChI is InChI=1S/C26H28N2O6/c1-26(2,3)34-25(31)28-15-7-8-18(16-28)23-27-21(22(33-23)24(29)30)17-11-13-20(14-12-17)32-19-9-5-4-6-10-19/h4-6,9-14,18H,7-8,15-16H2,1-3H3,(H,29,30). The van der Waals surface area contributed by atoms with Crippen LogP contribution in [0, 0.1) is 0 Å². The van der Waals surface area contributed by atoms with Crippen LogP contribution in [0.2, 0.25) is 0 Å². The number of carbonyl (C=O) groups excluding carboxylic acids is 1. The van der Waals surface area contributed by atoms with Gasteiger partial charge in [-0.1, -0.05) is 18.2 Å². The van der Waals surface area contributed by atoms with Crippen molar-refractivity contribution >= 4 is 12.1 Å². The summed E-state index contributed by atoms with van der Waals surface area (Å²) < 4.78 is 17.0. The van der Waals surface area contributed by atoms with E-state index in [9.17, 15) is 14.7 Å². The second-order valence-electron chi connectivity index (χ2n) is 9.24. The molecule has 1 aromatic heterocycles. The van der Waals surface area contributed by atoms with Crippen LogP contribution in [0.25, 0.3) is 11.3 Å². The first-order valence-corrected chi connectivity index (χ1v) is 11.2. The number of hydrogen-bond donors (Lipinski definition) is 1. The average molecular weight is 465 g/mol. The molecule has 34 heavy (non-hydrogen) atoms. The minimum absolute atomic E-state index is 0.214. The molecule has 1 unspecified atom stereocenters. The quantitative estimate of drug-likeness (QED) is 0.498. The number of benzene rings is 2. The van der Waals surface area contributed by atoms with Gasteiger partial charge in [0.15, 0.2) is 0 Å². The molecular formula is C26H28N2O6. The Morgan fingerprint density at radius 1 is 1.06 bits per heavy atom. The molecule has 1 saturated heterocycles. The molecule has 4 rings (SSSR count). The summed E-state index contributed by atoms with van der Waals surface area (Å²) in [6, 6.07) is 16.4. The predicted molar refractivity (Wildman–Crippen MR) is 125 cm³/mol. The summed E-state index contributed by atoms with van der Waals surface area (Å²) in [7, 11) is 0. The number of rotatable bonds is 5. The molecule has 2 heterocycles. The maximum absolute atomic E-state index is 12.5. The number of nitrogens with zero attached hydrogens (tertiary/aromatic N) is 2. The van der Waals surface area contributed by atoms with Crippen LogP contribution in [0.15, 0.2) is 59.0 Å². The molecule has 0 spiro atoms. The molecule has 178 valence electrons. The van der Waals surface area contributed by atoms with Crippen LogP contribution < -0.4 is 4.74 Å². The fourth-order valence-corrected chi connectivity index (χ4v) is 3.83. The Kier molecular flexibility index (Phi) is 6.58. The van der Waals surface area contributed by atoms with E-state index in [1.807, 2.05) is 51.1 Å². The number of likely N-dealkylation sites (tertiary alicyclic amines) is 1. The number of carboxylic acid groups (broad SMARTS) is 1. The molecule has 1 amide bonds. The summed E-state index contributed by atoms with van der Waals surface area (Å²) >= 11 is 0. The van der Waals surface area contributed by atoms with Crippen molar-refractivity contribution in [2.24, 2.45) is 0 Å². The highest BCUT2D eigenvalue weighted by atomic mass is 16.6. The largest absolute Gasteiger partial charge is 0.475 e. The number of piperidine rings is 1. The Morgan fingerprint density at radius 2 is 1.74 bits per heavy atom. The highest BCUT2D eigenvalue weighted by molar-refractivity contribution is 5.91. The maximum atomic E-state index is 12.5. The van der Waals surface area contributed by atoms with Gasteiger partial charge in [-0.2, -0.15) is 0 Å². The summed E-state index contributed by atoms with van der Waals surface area (Å²) in [5, 5.41) is 9.71. The van der Waals surface area contributed by atoms with E-state index in [0.29, 0.717) is 36.0 Å². The van der Waals surface area contributed by atoms with Gasteiger partial charge in [-0.25, -0.2) is 14.6 Å². The summed E-state index contributed by atoms with van der Waals surface area (Å²) in [6.07, 6.45) is 1.09. The molecule has 0 bridgehead atoms. The molecule has 0 aliphatic carbocycles. The lowest BCUT2D eigenvalue weighted by Gasteiger charge is -2.32. The van der Waals surface area contributed by atoms with Gasteiger partial charge in [0.1, 0.15) is 22.8 Å². The fourth-order valence-electron chi connectivity index (χ4n) is 3.83. The molecule has 1 N–H and O–H groups in total. The summed E-state index contributed by atoms with van der Waals surface area (Å²) in [4.78, 5) is 30.6. The van der Waals surface area contributed by atoms with Crippen molar-refractivity contribution in [3.8, 4) is 22.8 Å². The van der Waals surface area contributed by atoms with Crippen LogP contribution in [-0.2, 0) is 4.74 Å². The van der Waals surface area contributed by atoms with Crippen LogP contribution in [0.1, 0.15) is 56.0 Å². The van der Waals surface area contributed by atoms with Crippen molar-refractivity contribution in [3.63, 3.8) is 0 Å². The first-order valence-electron chi connectivity index (χ1n) is 11.2. The molecule has 1 aliphatic heterocycles. The monoisotopic (exact) mass is 464 g/mol. The summed E-state index contributed by atoms with van der Waals surface area (Å²) in [6.45, 7) is 6.40. The Hall–Kier alpha value is -3.81. The summed E-state index contributed by atoms with van der Waals surface area (Å²) in [5.41, 5.74) is 0.267. The van der Waals surface area contributed by atoms with Crippen molar-refractivity contribution in [1.29, 1.82) is 0 Å². The number of oxazole rings is 1. The lowest BCUT2D eigenvalue weighted by Crippen LogP contribution is -2.42. The molecular weight excluding hydrogens is 436 g/mol. The topological polar surface area (TPSA) is 102 Å². The van der Waals surface area contributed by atoms with E-state index in [2.05, 4.69) is 4.98 Å². The molecule has 1 fully saturated rings. The van der Waals surface area contributed by atoms with E-state index in [0.717, 1.165) is 12.8 Å². The first-order chi connectivity index (χ1) is 16.2. The number of para-hydroxylation sites is 1. The number of carboxylic acids is 1. The third-order valence-electron chi connectivity index (χ3n) is 5.37. The van der Waals surface area contributed by atoms with E-state index < -0.39 is 17.7 Å². The zero-order valence-electron chi connectivity index (χ0n) is 19.5. The number of aromatic carboxylic acids is 1. The minimum atomic E-state index is -1.20. The highest BCUT2D eigenvalue weighted by Crippen LogP contribution is 2.33. The molecule has 2 aromatic carbocycles. The van der Waals surface area contributed by atoms with Crippen molar-refractivity contribution < 1.29 is 28.6 Å². The van der Waals surface area contributed by atoms with E-state index >= 15 is 0 Å². The fraction of sp³-hybridized carbons (Fsp3) is 0.346. The Morgan fingerprint density at radius 3 is 2.38 bits per heavy atom. The number of aromatic nitrogens is 1. The number of carbonyl (C=O) groups is 2. The first kappa shape index (κ1) is 23.4. The number of hydrogen-bond acceptors (Lipinski definition) is 6. The molecule has 8 nitrogen and oxygen atoms in total. The van der Waals surface area contributed by atoms with Gasteiger partial charge in [-0.15, -0.1) is 0 Å². The molecule has 0 radical (unpaired) electrons. The highest BCUT2D eigenvalue weighted by Gasteiger charge is 2.32. The molecule has 1 aliphatic rings. The van der Waals surface area contributed by atoms with E-state index in [4.69, 9.17) is 13.9 Å². The Labute approximate surface area is 198 Å². The van der Waals surface area contributed by atoms with Gasteiger partial charge in [0.05, 0.1) is 5.92 Å². The van der Waals surface area contributed by atoms with Crippen molar-refractivity contribution in [2.75, 3.05) is 13.1 Å². The minimum Gasteiger partial charge on any atom is -0.475 e. The average Bonchev–Trinajstić information content (AvgIpc) is 3.25. The van der Waals surface area contributed by atoms with E-state index in [1.165, 1.54) is 0 Å². The maximum Gasteiger partial charge on any atom is 0.410 e. The second kappa shape index (κ2) is 9.59. The third kappa shape index (κ3) is 5.57. The van der Waals surface area contributed by atoms with Crippen molar-refractivity contribution in [2.45, 2.75) is 45.1 Å². The van der Waals surface area contributed by atoms with E-state index in [1.54, 1.807) is 29.2 Å². The van der Waals surface area contributed by atoms with Crippen LogP contribution in [0.4, 0.5) is 4.79 Å². The SMILES string of the molecule is CC(C)(C)OC(=O)N1CCCC(c2nc(-c3ccc(Oc4ccccc4)cc3)c(C(=O)O)o2)C1. The second-order valence-corrected chi connectivity index (χ2v) is 9.24. The van der Waals surface area contributed by atoms with Gasteiger partial charge in [-0.3, -0.25) is 0 Å². The number of ether oxygens (including phenoxy) is 2. The van der Waals surface area contributed by atoms with Crippen molar-refractivity contribution in [1.82, 2.24) is 9.88 Å². The van der Waals surface area contributed by atoms with Gasteiger partial charge in [-0.05, 0) is 70.0 Å². The molecule has 8 heteroatoms. The van der Waals surface area contributed by atoms with Crippen LogP contribution in [0.5, 0.6) is 11.5 Å². The molecule has 3 aromatic rings. The Bertz CT molecular complexity index is 1150. The lowest BCUT2D eigenvalue weighted by molar-refractivity contribution is 0.0189. The Balaban J connectivity index is 1.54. The normalized spacial score (nSPS) is 16.2. The van der Waals surface area contributed by atoms with Gasteiger partial charge in [0.2, 0.25) is 11.7 Å². The van der Waals surface area contributed by atoms with Gasteiger partial charge in [0.25, 0.3) is 0 Å². The zero-order valence-corrected chi connectivity index (χ0v) is 19.5. The van der Waals surface area contributed by atoms with Gasteiger partial charge < -0.3 is 23.9 Å². The summed E-state index contributed by atoms with van der Waals surface area (Å²) in [5.74, 6) is 0.00577. The third-order valence-corrected chi connectivity index (χ3v) is 5.37. The van der Waals surface area contributed by atoms with Crippen LogP contribution in [0.3, 0.4) is 0 Å². The predicted octanol–water partition coefficient (Wildman–Crippen LogP) is 5.95. The molecule has 1 atom stereocenters. The van der Waals surface area contributed by atoms with E-state index in [-0.39, 0.29) is 17.4 Å². The van der Waals surface area contributed by atoms with Crippen LogP contribution in [-0.4, -0.2) is 45.7 Å². The zero-order chi connectivity index (χ0) is 24.3. The van der Waals surface area contributed by atoms with Gasteiger partial charge >= 0.3 is 12.1 Å². The molecule has 0 saturated carbocycles. The number of amides is 1. The van der Waals surface area contributed by atoms with Crippen molar-refractivity contribution in [3.05, 3.63) is 66.2 Å².